The van der Waals surface area contributed by atoms with E-state index in [4.69, 9.17) is 16.3 Å². The van der Waals surface area contributed by atoms with Crippen LogP contribution in [0.4, 0.5) is 23.7 Å². The Morgan fingerprint density at radius 2 is 1.83 bits per heavy atom. The number of anilines is 1. The summed E-state index contributed by atoms with van der Waals surface area (Å²) in [5.74, 6) is -0.285. The number of carbonyl (C=O) groups excluding carboxylic acids is 2. The molecule has 0 fully saturated rings. The lowest BCUT2D eigenvalue weighted by atomic mass is 10.1. The van der Waals surface area contributed by atoms with Crippen molar-refractivity contribution in [2.24, 2.45) is 0 Å². The van der Waals surface area contributed by atoms with Gasteiger partial charge in [-0.3, -0.25) is 10.2 Å². The quantitative estimate of drug-likeness (QED) is 0.470. The molecule has 4 N–H and O–H groups in total. The van der Waals surface area contributed by atoms with E-state index in [1.165, 1.54) is 31.4 Å². The van der Waals surface area contributed by atoms with Gasteiger partial charge in [-0.15, -0.1) is 0 Å². The van der Waals surface area contributed by atoms with E-state index in [2.05, 4.69) is 21.2 Å². The standard InChI is InChI=1S/C18H14ClF3N4O3/c1-29-11-4-5-12(19)14(8-11)24-17(28)26-25-16(27)15-6-9-2-3-10(18(20,21)22)7-13(9)23-15/h2-8,23H,1H3,(H,25,27)(H2,24,26,28). The lowest BCUT2D eigenvalue weighted by Crippen LogP contribution is -2.44. The van der Waals surface area contributed by atoms with Gasteiger partial charge in [0, 0.05) is 17.0 Å². The van der Waals surface area contributed by atoms with Crippen LogP contribution in [0.15, 0.2) is 42.5 Å². The van der Waals surface area contributed by atoms with Gasteiger partial charge in [0.1, 0.15) is 11.4 Å². The fraction of sp³-hybridized carbons (Fsp3) is 0.111. The van der Waals surface area contributed by atoms with Gasteiger partial charge in [0.05, 0.1) is 23.4 Å². The molecule has 3 rings (SSSR count). The number of methoxy groups -OCH3 is 1. The summed E-state index contributed by atoms with van der Waals surface area (Å²) in [7, 11) is 1.45. The van der Waals surface area contributed by atoms with Crippen LogP contribution in [-0.2, 0) is 6.18 Å². The molecule has 3 amide bonds. The third-order valence-electron chi connectivity index (χ3n) is 3.91. The van der Waals surface area contributed by atoms with Gasteiger partial charge in [0.15, 0.2) is 0 Å². The predicted molar refractivity (Wildman–Crippen MR) is 101 cm³/mol. The van der Waals surface area contributed by atoms with Crippen LogP contribution in [-0.4, -0.2) is 24.0 Å². The van der Waals surface area contributed by atoms with Gasteiger partial charge < -0.3 is 15.0 Å². The molecule has 1 aromatic heterocycles. The average molecular weight is 427 g/mol. The number of hydrogen-bond donors (Lipinski definition) is 4. The number of ether oxygens (including phenoxy) is 1. The maximum absolute atomic E-state index is 12.8. The zero-order valence-corrected chi connectivity index (χ0v) is 15.5. The van der Waals surface area contributed by atoms with E-state index in [0.29, 0.717) is 11.1 Å². The lowest BCUT2D eigenvalue weighted by molar-refractivity contribution is -0.137. The largest absolute Gasteiger partial charge is 0.497 e. The maximum Gasteiger partial charge on any atom is 0.416 e. The Kier molecular flexibility index (Phi) is 5.55. The van der Waals surface area contributed by atoms with Crippen molar-refractivity contribution in [2.45, 2.75) is 6.18 Å². The number of hydrogen-bond acceptors (Lipinski definition) is 3. The summed E-state index contributed by atoms with van der Waals surface area (Å²) in [4.78, 5) is 26.7. The van der Waals surface area contributed by atoms with Crippen LogP contribution >= 0.6 is 11.6 Å². The first-order valence-corrected chi connectivity index (χ1v) is 8.46. The van der Waals surface area contributed by atoms with Gasteiger partial charge >= 0.3 is 12.2 Å². The van der Waals surface area contributed by atoms with Crippen LogP contribution in [0.3, 0.4) is 0 Å². The lowest BCUT2D eigenvalue weighted by Gasteiger charge is -2.10. The summed E-state index contributed by atoms with van der Waals surface area (Å²) in [5.41, 5.74) is 3.79. The van der Waals surface area contributed by atoms with E-state index < -0.39 is 23.7 Å². The molecule has 0 atom stereocenters. The van der Waals surface area contributed by atoms with Crippen LogP contribution < -0.4 is 20.9 Å². The maximum atomic E-state index is 12.8. The first kappa shape index (κ1) is 20.3. The molecule has 152 valence electrons. The van der Waals surface area contributed by atoms with Crippen molar-refractivity contribution in [2.75, 3.05) is 12.4 Å². The van der Waals surface area contributed by atoms with Crippen LogP contribution in [0.1, 0.15) is 16.1 Å². The summed E-state index contributed by atoms with van der Waals surface area (Å²) in [5, 5.41) is 3.10. The molecule has 0 unspecified atom stereocenters. The zero-order valence-electron chi connectivity index (χ0n) is 14.8. The molecule has 11 heteroatoms. The van der Waals surface area contributed by atoms with Crippen molar-refractivity contribution in [1.29, 1.82) is 0 Å². The number of hydrazine groups is 1. The highest BCUT2D eigenvalue weighted by atomic mass is 35.5. The van der Waals surface area contributed by atoms with Gasteiger partial charge in [-0.25, -0.2) is 10.2 Å². The number of carbonyl (C=O) groups is 2. The number of benzene rings is 2. The molecular weight excluding hydrogens is 413 g/mol. The number of urea groups is 1. The molecule has 29 heavy (non-hydrogen) atoms. The number of halogens is 4. The third-order valence-corrected chi connectivity index (χ3v) is 4.24. The minimum absolute atomic E-state index is 0.0287. The number of aromatic nitrogens is 1. The fourth-order valence-electron chi connectivity index (χ4n) is 2.49. The number of H-pyrrole nitrogens is 1. The van der Waals surface area contributed by atoms with E-state index in [-0.39, 0.29) is 21.9 Å². The first-order valence-electron chi connectivity index (χ1n) is 8.08. The van der Waals surface area contributed by atoms with Crippen molar-refractivity contribution in [3.8, 4) is 5.75 Å². The molecule has 0 bridgehead atoms. The molecule has 0 spiro atoms. The van der Waals surface area contributed by atoms with Gasteiger partial charge in [-0.1, -0.05) is 17.7 Å². The fourth-order valence-corrected chi connectivity index (χ4v) is 2.65. The van der Waals surface area contributed by atoms with Crippen LogP contribution in [0.25, 0.3) is 10.9 Å². The average Bonchev–Trinajstić information content (AvgIpc) is 3.10. The predicted octanol–water partition coefficient (Wildman–Crippen LogP) is 4.32. The number of rotatable bonds is 3. The number of aromatic amines is 1. The SMILES string of the molecule is COc1ccc(Cl)c(NC(=O)NNC(=O)c2cc3ccc(C(F)(F)F)cc3[nH]2)c1. The Hall–Kier alpha value is -3.40. The Bertz CT molecular complexity index is 1080. The van der Waals surface area contributed by atoms with E-state index in [0.717, 1.165) is 12.1 Å². The van der Waals surface area contributed by atoms with Crippen LogP contribution in [0, 0.1) is 0 Å². The second kappa shape index (κ2) is 7.92. The summed E-state index contributed by atoms with van der Waals surface area (Å²) < 4.78 is 43.4. The number of fused-ring (bicyclic) bond motifs is 1. The van der Waals surface area contributed by atoms with Gasteiger partial charge in [-0.05, 0) is 30.3 Å². The highest BCUT2D eigenvalue weighted by Gasteiger charge is 2.30. The summed E-state index contributed by atoms with van der Waals surface area (Å²) in [6.07, 6.45) is -4.50. The molecule has 7 nitrogen and oxygen atoms in total. The first-order chi connectivity index (χ1) is 13.7. The van der Waals surface area contributed by atoms with E-state index in [1.54, 1.807) is 6.07 Å². The molecule has 0 saturated heterocycles. The topological polar surface area (TPSA) is 95.2 Å². The third kappa shape index (κ3) is 4.72. The summed E-state index contributed by atoms with van der Waals surface area (Å²) >= 11 is 5.98. The second-order valence-electron chi connectivity index (χ2n) is 5.86. The monoisotopic (exact) mass is 426 g/mol. The highest BCUT2D eigenvalue weighted by molar-refractivity contribution is 6.33. The van der Waals surface area contributed by atoms with Crippen molar-refractivity contribution >= 4 is 40.1 Å². The zero-order chi connectivity index (χ0) is 21.2. The summed E-state index contributed by atoms with van der Waals surface area (Å²) in [6.45, 7) is 0. The molecule has 3 aromatic rings. The smallest absolute Gasteiger partial charge is 0.416 e. The van der Waals surface area contributed by atoms with Crippen molar-refractivity contribution in [1.82, 2.24) is 15.8 Å². The van der Waals surface area contributed by atoms with Gasteiger partial charge in [0.2, 0.25) is 0 Å². The Morgan fingerprint density at radius 3 is 2.52 bits per heavy atom. The molecular formula is C18H14ClF3N4O3. The van der Waals surface area contributed by atoms with Crippen LogP contribution in [0.2, 0.25) is 5.02 Å². The van der Waals surface area contributed by atoms with Crippen molar-refractivity contribution in [3.63, 3.8) is 0 Å². The molecule has 1 heterocycles. The minimum Gasteiger partial charge on any atom is -0.497 e. The van der Waals surface area contributed by atoms with Gasteiger partial charge in [-0.2, -0.15) is 13.2 Å². The van der Waals surface area contributed by atoms with Crippen molar-refractivity contribution in [3.05, 3.63) is 58.7 Å². The molecule has 0 aliphatic heterocycles. The molecule has 0 saturated carbocycles. The number of amides is 3. The van der Waals surface area contributed by atoms with Gasteiger partial charge in [0.25, 0.3) is 5.91 Å². The number of alkyl halides is 3. The van der Waals surface area contributed by atoms with E-state index in [9.17, 15) is 22.8 Å². The Balaban J connectivity index is 1.65. The molecule has 0 radical (unpaired) electrons. The number of nitrogens with one attached hydrogen (secondary N) is 4. The minimum atomic E-state index is -4.50. The molecule has 0 aliphatic rings. The molecule has 2 aromatic carbocycles. The highest BCUT2D eigenvalue weighted by Crippen LogP contribution is 2.31. The Labute approximate surface area is 167 Å². The molecule has 0 aliphatic carbocycles. The van der Waals surface area contributed by atoms with Crippen molar-refractivity contribution < 1.29 is 27.5 Å². The summed E-state index contributed by atoms with van der Waals surface area (Å²) in [6, 6.07) is 8.25. The van der Waals surface area contributed by atoms with Crippen LogP contribution in [0.5, 0.6) is 5.75 Å². The second-order valence-corrected chi connectivity index (χ2v) is 6.27. The Morgan fingerprint density at radius 1 is 1.07 bits per heavy atom. The van der Waals surface area contributed by atoms with E-state index in [1.807, 2.05) is 0 Å². The van der Waals surface area contributed by atoms with E-state index >= 15 is 0 Å². The normalized spacial score (nSPS) is 11.2.